The molecule has 0 spiro atoms. The van der Waals surface area contributed by atoms with Crippen LogP contribution in [0.1, 0.15) is 15.9 Å². The Morgan fingerprint density at radius 3 is 2.62 bits per heavy atom. The molecule has 70 valence electrons. The fourth-order valence-corrected chi connectivity index (χ4v) is 1.72. The van der Waals surface area contributed by atoms with Crippen molar-refractivity contribution in [1.29, 1.82) is 0 Å². The van der Waals surface area contributed by atoms with E-state index in [0.29, 0.717) is 10.2 Å². The number of carboxylic acid groups (broad SMARTS) is 1. The summed E-state index contributed by atoms with van der Waals surface area (Å²) in [6, 6.07) is 3.24. The van der Waals surface area contributed by atoms with Crippen LogP contribution in [0.3, 0.4) is 0 Å². The van der Waals surface area contributed by atoms with Gasteiger partial charge in [0.05, 0.1) is 13.1 Å². The van der Waals surface area contributed by atoms with Crippen LogP contribution in [0.25, 0.3) is 0 Å². The summed E-state index contributed by atoms with van der Waals surface area (Å²) in [5.41, 5.74) is 0.824. The number of aryl methyl sites for hydroxylation is 1. The molecule has 1 aromatic rings. The largest absolute Gasteiger partial charge is 0.545 e. The summed E-state index contributed by atoms with van der Waals surface area (Å²) in [6.07, 6.45) is 0. The van der Waals surface area contributed by atoms with E-state index in [1.165, 1.54) is 13.2 Å². The molecule has 0 bridgehead atoms. The van der Waals surface area contributed by atoms with Crippen LogP contribution in [0.2, 0.25) is 0 Å². The van der Waals surface area contributed by atoms with E-state index in [1.807, 2.05) is 0 Å². The molecule has 3 nitrogen and oxygen atoms in total. The average Bonchev–Trinajstić information content (AvgIpc) is 2.02. The fraction of sp³-hybridized carbons (Fsp3) is 0.222. The van der Waals surface area contributed by atoms with E-state index in [9.17, 15) is 9.90 Å². The molecule has 0 saturated carbocycles. The van der Waals surface area contributed by atoms with Crippen molar-refractivity contribution in [3.63, 3.8) is 0 Å². The van der Waals surface area contributed by atoms with Crippen molar-refractivity contribution in [1.82, 2.24) is 0 Å². The van der Waals surface area contributed by atoms with Gasteiger partial charge in [-0.05, 0) is 24.6 Å². The minimum absolute atomic E-state index is 0.0642. The number of rotatable bonds is 2. The summed E-state index contributed by atoms with van der Waals surface area (Å²) in [4.78, 5) is 10.7. The Morgan fingerprint density at radius 2 is 2.15 bits per heavy atom. The van der Waals surface area contributed by atoms with Gasteiger partial charge in [-0.25, -0.2) is 0 Å². The van der Waals surface area contributed by atoms with Gasteiger partial charge in [-0.1, -0.05) is 15.9 Å². The molecule has 0 heterocycles. The van der Waals surface area contributed by atoms with Gasteiger partial charge in [-0.2, -0.15) is 0 Å². The zero-order chi connectivity index (χ0) is 10.0. The fourth-order valence-electron chi connectivity index (χ4n) is 1.15. The molecule has 1 rings (SSSR count). The van der Waals surface area contributed by atoms with Crippen molar-refractivity contribution in [2.24, 2.45) is 0 Å². The summed E-state index contributed by atoms with van der Waals surface area (Å²) in [6.45, 7) is 1.77. The molecule has 0 aromatic heterocycles. The van der Waals surface area contributed by atoms with Crippen LogP contribution >= 0.6 is 15.9 Å². The van der Waals surface area contributed by atoms with Crippen LogP contribution in [0, 0.1) is 6.92 Å². The second-order valence-corrected chi connectivity index (χ2v) is 3.51. The van der Waals surface area contributed by atoms with Crippen molar-refractivity contribution >= 4 is 21.9 Å². The normalized spacial score (nSPS) is 9.77. The van der Waals surface area contributed by atoms with Crippen LogP contribution in [0.4, 0.5) is 0 Å². The molecule has 0 radical (unpaired) electrons. The lowest BCUT2D eigenvalue weighted by atomic mass is 10.1. The first-order chi connectivity index (χ1) is 6.06. The highest BCUT2D eigenvalue weighted by Crippen LogP contribution is 2.27. The molecule has 0 aliphatic heterocycles. The highest BCUT2D eigenvalue weighted by Gasteiger charge is 2.08. The maximum atomic E-state index is 10.7. The molecule has 1 aromatic carbocycles. The van der Waals surface area contributed by atoms with E-state index in [2.05, 4.69) is 15.9 Å². The maximum absolute atomic E-state index is 10.7. The molecule has 13 heavy (non-hydrogen) atoms. The highest BCUT2D eigenvalue weighted by atomic mass is 79.9. The average molecular weight is 244 g/mol. The van der Waals surface area contributed by atoms with Crippen molar-refractivity contribution in [3.8, 4) is 5.75 Å². The van der Waals surface area contributed by atoms with Gasteiger partial charge in [0, 0.05) is 10.0 Å². The van der Waals surface area contributed by atoms with Gasteiger partial charge < -0.3 is 14.6 Å². The Bertz CT molecular complexity index is 347. The third kappa shape index (κ3) is 2.01. The van der Waals surface area contributed by atoms with E-state index in [0.717, 1.165) is 5.56 Å². The molecule has 0 amide bonds. The van der Waals surface area contributed by atoms with E-state index >= 15 is 0 Å². The minimum atomic E-state index is -1.23. The van der Waals surface area contributed by atoms with Gasteiger partial charge in [0.25, 0.3) is 0 Å². The summed E-state index contributed by atoms with van der Waals surface area (Å²) >= 11 is 3.20. The van der Waals surface area contributed by atoms with Crippen LogP contribution in [0.15, 0.2) is 16.6 Å². The Labute approximate surface area is 84.5 Å². The smallest absolute Gasteiger partial charge is 0.130 e. The Kier molecular flexibility index (Phi) is 2.93. The number of benzene rings is 1. The highest BCUT2D eigenvalue weighted by molar-refractivity contribution is 9.10. The molecular formula is C9H8BrO3-. The molecule has 0 N–H and O–H groups in total. The van der Waals surface area contributed by atoms with Crippen molar-refractivity contribution in [3.05, 3.63) is 27.7 Å². The van der Waals surface area contributed by atoms with Gasteiger partial charge in [-0.3, -0.25) is 0 Å². The first-order valence-corrected chi connectivity index (χ1v) is 4.41. The summed E-state index contributed by atoms with van der Waals surface area (Å²) in [5, 5.41) is 10.7. The van der Waals surface area contributed by atoms with E-state index in [1.54, 1.807) is 13.0 Å². The molecule has 0 unspecified atom stereocenters. The number of hydrogen-bond acceptors (Lipinski definition) is 3. The van der Waals surface area contributed by atoms with Crippen molar-refractivity contribution in [2.45, 2.75) is 6.92 Å². The van der Waals surface area contributed by atoms with E-state index in [4.69, 9.17) is 4.74 Å². The number of carbonyl (C=O) groups excluding carboxylic acids is 1. The minimum Gasteiger partial charge on any atom is -0.545 e. The molecular weight excluding hydrogens is 236 g/mol. The zero-order valence-electron chi connectivity index (χ0n) is 7.26. The summed E-state index contributed by atoms with van der Waals surface area (Å²) in [7, 11) is 1.43. The molecule has 0 fully saturated rings. The lowest BCUT2D eigenvalue weighted by molar-refractivity contribution is -0.255. The van der Waals surface area contributed by atoms with Gasteiger partial charge in [0.1, 0.15) is 5.75 Å². The quantitative estimate of drug-likeness (QED) is 0.783. The SMILES string of the molecule is COc1c(C)cc(Br)cc1C(=O)[O-]. The third-order valence-corrected chi connectivity index (χ3v) is 2.12. The Balaban J connectivity index is 3.38. The molecule has 0 atom stereocenters. The van der Waals surface area contributed by atoms with Gasteiger partial charge in [0.2, 0.25) is 0 Å². The van der Waals surface area contributed by atoms with Crippen LogP contribution in [-0.2, 0) is 0 Å². The lowest BCUT2D eigenvalue weighted by Gasteiger charge is -2.12. The number of carboxylic acids is 1. The number of ether oxygens (including phenoxy) is 1. The maximum Gasteiger partial charge on any atom is 0.130 e. The lowest BCUT2D eigenvalue weighted by Crippen LogP contribution is -2.23. The molecule has 0 aliphatic carbocycles. The van der Waals surface area contributed by atoms with Gasteiger partial charge in [-0.15, -0.1) is 0 Å². The number of methoxy groups -OCH3 is 1. The monoisotopic (exact) mass is 243 g/mol. The number of halogens is 1. The van der Waals surface area contributed by atoms with E-state index < -0.39 is 5.97 Å². The van der Waals surface area contributed by atoms with Crippen LogP contribution < -0.4 is 9.84 Å². The molecule has 0 aliphatic rings. The second kappa shape index (κ2) is 3.79. The number of carbonyl (C=O) groups is 1. The predicted molar refractivity (Wildman–Crippen MR) is 49.8 cm³/mol. The Hall–Kier alpha value is -1.03. The third-order valence-electron chi connectivity index (χ3n) is 1.66. The van der Waals surface area contributed by atoms with Crippen LogP contribution in [0.5, 0.6) is 5.75 Å². The van der Waals surface area contributed by atoms with Crippen molar-refractivity contribution in [2.75, 3.05) is 7.11 Å². The van der Waals surface area contributed by atoms with Gasteiger partial charge >= 0.3 is 0 Å². The summed E-state index contributed by atoms with van der Waals surface area (Å²) < 4.78 is 5.65. The second-order valence-electron chi connectivity index (χ2n) is 2.59. The standard InChI is InChI=1S/C9H9BrO3/c1-5-3-6(10)4-7(9(11)12)8(5)13-2/h3-4H,1-2H3,(H,11,12)/p-1. The van der Waals surface area contributed by atoms with Crippen LogP contribution in [-0.4, -0.2) is 13.1 Å². The zero-order valence-corrected chi connectivity index (χ0v) is 8.84. The molecule has 4 heteroatoms. The first kappa shape index (κ1) is 10.1. The first-order valence-electron chi connectivity index (χ1n) is 3.61. The predicted octanol–water partition coefficient (Wildman–Crippen LogP) is 1.13. The number of hydrogen-bond donors (Lipinski definition) is 0. The summed E-state index contributed by atoms with van der Waals surface area (Å²) in [5.74, 6) is -0.885. The molecule has 0 saturated heterocycles. The van der Waals surface area contributed by atoms with Gasteiger partial charge in [0.15, 0.2) is 0 Å². The topological polar surface area (TPSA) is 49.4 Å². The number of aromatic carboxylic acids is 1. The van der Waals surface area contributed by atoms with E-state index in [-0.39, 0.29) is 5.56 Å². The Morgan fingerprint density at radius 1 is 1.54 bits per heavy atom. The van der Waals surface area contributed by atoms with Crippen molar-refractivity contribution < 1.29 is 14.6 Å².